The lowest BCUT2D eigenvalue weighted by Gasteiger charge is -2.05. The number of rotatable bonds is 3. The Morgan fingerprint density at radius 2 is 2.12 bits per heavy atom. The molecule has 2 aromatic heterocycles. The molecule has 0 atom stereocenters. The Bertz CT molecular complexity index is 492. The summed E-state index contributed by atoms with van der Waals surface area (Å²) in [4.78, 5) is 4.41. The van der Waals surface area contributed by atoms with E-state index in [0.717, 1.165) is 17.1 Å². The molecule has 0 aliphatic carbocycles. The van der Waals surface area contributed by atoms with Gasteiger partial charge in [-0.1, -0.05) is 17.7 Å². The van der Waals surface area contributed by atoms with Crippen molar-refractivity contribution in [2.75, 3.05) is 0 Å². The number of nitrogens with two attached hydrogens (primary N) is 1. The van der Waals surface area contributed by atoms with Crippen LogP contribution in [0.4, 0.5) is 0 Å². The fraction of sp³-hybridized carbons (Fsp3) is 0.273. The number of pyridine rings is 1. The highest BCUT2D eigenvalue weighted by Crippen LogP contribution is 2.14. The molecule has 0 bridgehead atoms. The van der Waals surface area contributed by atoms with Gasteiger partial charge in [-0.25, -0.2) is 0 Å². The highest BCUT2D eigenvalue weighted by atomic mass is 35.5. The van der Waals surface area contributed by atoms with Crippen LogP contribution >= 0.6 is 11.6 Å². The van der Waals surface area contributed by atoms with Crippen molar-refractivity contribution in [2.24, 2.45) is 5.73 Å². The van der Waals surface area contributed by atoms with Gasteiger partial charge < -0.3 is 5.73 Å². The van der Waals surface area contributed by atoms with E-state index in [2.05, 4.69) is 10.1 Å². The monoisotopic (exact) mass is 236 g/mol. The predicted molar refractivity (Wildman–Crippen MR) is 63.2 cm³/mol. The lowest BCUT2D eigenvalue weighted by Crippen LogP contribution is -2.07. The number of hydrogen-bond acceptors (Lipinski definition) is 3. The van der Waals surface area contributed by atoms with Gasteiger partial charge in [0.05, 0.1) is 34.8 Å². The summed E-state index contributed by atoms with van der Waals surface area (Å²) in [5.41, 5.74) is 8.30. The minimum absolute atomic E-state index is 0.451. The molecule has 84 valence electrons. The van der Waals surface area contributed by atoms with Crippen molar-refractivity contribution >= 4 is 11.6 Å². The summed E-state index contributed by atoms with van der Waals surface area (Å²) in [6.07, 6.45) is 1.64. The molecule has 2 N–H and O–H groups in total. The van der Waals surface area contributed by atoms with E-state index >= 15 is 0 Å². The lowest BCUT2D eigenvalue weighted by molar-refractivity contribution is 0.649. The van der Waals surface area contributed by atoms with Crippen LogP contribution in [0.25, 0.3) is 0 Å². The molecular formula is C11H13ClN4. The number of nitrogens with zero attached hydrogens (tertiary/aromatic N) is 3. The van der Waals surface area contributed by atoms with E-state index in [1.165, 1.54) is 0 Å². The molecule has 2 heterocycles. The minimum atomic E-state index is 0.451. The first-order valence-electron chi connectivity index (χ1n) is 5.03. The molecule has 0 saturated carbocycles. The van der Waals surface area contributed by atoms with Gasteiger partial charge in [0, 0.05) is 6.54 Å². The Kier molecular flexibility index (Phi) is 3.22. The van der Waals surface area contributed by atoms with Crippen molar-refractivity contribution in [2.45, 2.75) is 20.0 Å². The Hall–Kier alpha value is -1.39. The Morgan fingerprint density at radius 1 is 1.38 bits per heavy atom. The third kappa shape index (κ3) is 2.23. The highest BCUT2D eigenvalue weighted by molar-refractivity contribution is 6.31. The highest BCUT2D eigenvalue weighted by Gasteiger charge is 2.05. The van der Waals surface area contributed by atoms with Gasteiger partial charge in [-0.15, -0.1) is 0 Å². The van der Waals surface area contributed by atoms with Crippen molar-refractivity contribution < 1.29 is 0 Å². The zero-order valence-corrected chi connectivity index (χ0v) is 9.78. The molecule has 0 amide bonds. The van der Waals surface area contributed by atoms with Gasteiger partial charge in [-0.2, -0.15) is 5.10 Å². The van der Waals surface area contributed by atoms with Gasteiger partial charge in [0.15, 0.2) is 0 Å². The third-order valence-corrected chi connectivity index (χ3v) is 2.80. The van der Waals surface area contributed by atoms with Gasteiger partial charge in [0.2, 0.25) is 0 Å². The van der Waals surface area contributed by atoms with Crippen molar-refractivity contribution in [3.63, 3.8) is 0 Å². The molecule has 0 radical (unpaired) electrons. The number of hydrogen-bond donors (Lipinski definition) is 1. The largest absolute Gasteiger partial charge is 0.325 e. The normalized spacial score (nSPS) is 10.7. The van der Waals surface area contributed by atoms with E-state index in [0.29, 0.717) is 18.1 Å². The van der Waals surface area contributed by atoms with E-state index in [9.17, 15) is 0 Å². The molecule has 2 rings (SSSR count). The van der Waals surface area contributed by atoms with Crippen LogP contribution in [0.2, 0.25) is 5.02 Å². The van der Waals surface area contributed by atoms with Crippen LogP contribution in [0.5, 0.6) is 0 Å². The fourth-order valence-electron chi connectivity index (χ4n) is 1.47. The Labute approximate surface area is 99.1 Å². The summed E-state index contributed by atoms with van der Waals surface area (Å²) >= 11 is 5.93. The van der Waals surface area contributed by atoms with Crippen molar-refractivity contribution in [1.82, 2.24) is 14.8 Å². The second-order valence-corrected chi connectivity index (χ2v) is 3.97. The van der Waals surface area contributed by atoms with E-state index in [-0.39, 0.29) is 0 Å². The van der Waals surface area contributed by atoms with E-state index in [1.54, 1.807) is 6.20 Å². The first-order chi connectivity index (χ1) is 7.70. The zero-order chi connectivity index (χ0) is 11.5. The van der Waals surface area contributed by atoms with Gasteiger partial charge in [-0.3, -0.25) is 9.67 Å². The summed E-state index contributed by atoms with van der Waals surface area (Å²) in [7, 11) is 0. The second kappa shape index (κ2) is 4.63. The molecule has 0 saturated heterocycles. The van der Waals surface area contributed by atoms with E-state index in [4.69, 9.17) is 17.3 Å². The summed E-state index contributed by atoms with van der Waals surface area (Å²) in [5, 5.41) is 4.86. The van der Waals surface area contributed by atoms with Crippen LogP contribution in [0.3, 0.4) is 0 Å². The summed E-state index contributed by atoms with van der Waals surface area (Å²) in [6, 6.07) is 5.81. The van der Waals surface area contributed by atoms with Gasteiger partial charge >= 0.3 is 0 Å². The Balaban J connectivity index is 2.23. The molecule has 0 unspecified atom stereocenters. The molecule has 0 aromatic carbocycles. The first kappa shape index (κ1) is 11.1. The molecular weight excluding hydrogens is 224 g/mol. The molecule has 16 heavy (non-hydrogen) atoms. The molecule has 0 aliphatic rings. The standard InChI is InChI=1S/C11H13ClN4/c1-8-11(12)6-14-16(8)7-10-4-2-3-9(5-13)15-10/h2-4,6H,5,7,13H2,1H3. The van der Waals surface area contributed by atoms with Gasteiger partial charge in [0.25, 0.3) is 0 Å². The van der Waals surface area contributed by atoms with Crippen LogP contribution in [0.15, 0.2) is 24.4 Å². The average molecular weight is 237 g/mol. The molecule has 2 aromatic rings. The summed E-state index contributed by atoms with van der Waals surface area (Å²) in [5.74, 6) is 0. The Morgan fingerprint density at radius 3 is 2.75 bits per heavy atom. The smallest absolute Gasteiger partial charge is 0.0835 e. The van der Waals surface area contributed by atoms with Crippen molar-refractivity contribution in [3.05, 3.63) is 46.5 Å². The molecule has 5 heteroatoms. The molecule has 4 nitrogen and oxygen atoms in total. The molecule has 0 fully saturated rings. The van der Waals surface area contributed by atoms with Gasteiger partial charge in [0.1, 0.15) is 0 Å². The average Bonchev–Trinajstić information content (AvgIpc) is 2.61. The maximum absolute atomic E-state index is 5.93. The molecule has 0 aliphatic heterocycles. The van der Waals surface area contributed by atoms with E-state index < -0.39 is 0 Å². The maximum atomic E-state index is 5.93. The number of halogens is 1. The summed E-state index contributed by atoms with van der Waals surface area (Å²) < 4.78 is 1.82. The maximum Gasteiger partial charge on any atom is 0.0835 e. The van der Waals surface area contributed by atoms with Crippen LogP contribution in [-0.4, -0.2) is 14.8 Å². The van der Waals surface area contributed by atoms with Crippen LogP contribution < -0.4 is 5.73 Å². The zero-order valence-electron chi connectivity index (χ0n) is 9.02. The second-order valence-electron chi connectivity index (χ2n) is 3.56. The van der Waals surface area contributed by atoms with Gasteiger partial charge in [-0.05, 0) is 19.1 Å². The van der Waals surface area contributed by atoms with Crippen molar-refractivity contribution in [3.8, 4) is 0 Å². The van der Waals surface area contributed by atoms with Crippen LogP contribution in [0, 0.1) is 6.92 Å². The van der Waals surface area contributed by atoms with Crippen molar-refractivity contribution in [1.29, 1.82) is 0 Å². The topological polar surface area (TPSA) is 56.7 Å². The first-order valence-corrected chi connectivity index (χ1v) is 5.41. The quantitative estimate of drug-likeness (QED) is 0.883. The third-order valence-electron chi connectivity index (χ3n) is 2.43. The van der Waals surface area contributed by atoms with Crippen LogP contribution in [0.1, 0.15) is 17.1 Å². The number of aromatic nitrogens is 3. The SMILES string of the molecule is Cc1c(Cl)cnn1Cc1cccc(CN)n1. The fourth-order valence-corrected chi connectivity index (χ4v) is 1.61. The minimum Gasteiger partial charge on any atom is -0.325 e. The molecule has 0 spiro atoms. The lowest BCUT2D eigenvalue weighted by atomic mass is 10.3. The summed E-state index contributed by atoms with van der Waals surface area (Å²) in [6.45, 7) is 3.00. The van der Waals surface area contributed by atoms with Crippen LogP contribution in [-0.2, 0) is 13.1 Å². The van der Waals surface area contributed by atoms with E-state index in [1.807, 2.05) is 29.8 Å². The predicted octanol–water partition coefficient (Wildman–Crippen LogP) is 1.75.